The molecule has 1 heterocycles. The van der Waals surface area contributed by atoms with Gasteiger partial charge in [-0.3, -0.25) is 4.98 Å². The van der Waals surface area contributed by atoms with E-state index in [0.717, 1.165) is 16.9 Å². The van der Waals surface area contributed by atoms with Gasteiger partial charge in [0.15, 0.2) is 0 Å². The highest BCUT2D eigenvalue weighted by Gasteiger charge is 2.10. The minimum atomic E-state index is -0.0763. The summed E-state index contributed by atoms with van der Waals surface area (Å²) in [6.07, 6.45) is 3.28. The summed E-state index contributed by atoms with van der Waals surface area (Å²) >= 11 is 0. The average molecular weight is 243 g/mol. The van der Waals surface area contributed by atoms with Crippen LogP contribution in [0.3, 0.4) is 0 Å². The van der Waals surface area contributed by atoms with Gasteiger partial charge in [-0.25, -0.2) is 0 Å². The molecule has 0 spiro atoms. The molecular formula is C15H17NO2. The number of hydrogen-bond donors (Lipinski definition) is 1. The van der Waals surface area contributed by atoms with E-state index in [0.29, 0.717) is 11.3 Å². The fourth-order valence-electron chi connectivity index (χ4n) is 1.83. The molecule has 0 radical (unpaired) electrons. The van der Waals surface area contributed by atoms with Gasteiger partial charge in [-0.1, -0.05) is 12.1 Å². The van der Waals surface area contributed by atoms with Gasteiger partial charge in [-0.15, -0.1) is 0 Å². The number of rotatable bonds is 3. The van der Waals surface area contributed by atoms with Crippen LogP contribution in [0.4, 0.5) is 0 Å². The van der Waals surface area contributed by atoms with E-state index in [1.165, 1.54) is 5.56 Å². The Hall–Kier alpha value is -1.87. The summed E-state index contributed by atoms with van der Waals surface area (Å²) in [7, 11) is 0. The number of benzene rings is 1. The van der Waals surface area contributed by atoms with E-state index < -0.39 is 0 Å². The molecule has 1 N–H and O–H groups in total. The topological polar surface area (TPSA) is 42.4 Å². The van der Waals surface area contributed by atoms with Crippen molar-refractivity contribution in [1.82, 2.24) is 4.98 Å². The molecule has 1 aromatic heterocycles. The predicted molar refractivity (Wildman–Crippen MR) is 70.9 cm³/mol. The van der Waals surface area contributed by atoms with Gasteiger partial charge < -0.3 is 9.84 Å². The number of hydrogen-bond acceptors (Lipinski definition) is 3. The van der Waals surface area contributed by atoms with Crippen LogP contribution in [0.15, 0.2) is 30.6 Å². The summed E-state index contributed by atoms with van der Waals surface area (Å²) in [5.74, 6) is 1.51. The van der Waals surface area contributed by atoms with Crippen LogP contribution in [-0.4, -0.2) is 10.1 Å². The van der Waals surface area contributed by atoms with Crippen molar-refractivity contribution < 1.29 is 9.84 Å². The van der Waals surface area contributed by atoms with E-state index in [2.05, 4.69) is 18.0 Å². The molecule has 18 heavy (non-hydrogen) atoms. The second-order valence-corrected chi connectivity index (χ2v) is 4.40. The molecule has 2 rings (SSSR count). The number of aliphatic hydroxyl groups is 1. The van der Waals surface area contributed by atoms with Gasteiger partial charge in [0, 0.05) is 18.0 Å². The first-order chi connectivity index (χ1) is 8.63. The summed E-state index contributed by atoms with van der Waals surface area (Å²) in [6.45, 7) is 6.03. The largest absolute Gasteiger partial charge is 0.456 e. The molecule has 1 aromatic carbocycles. The Morgan fingerprint density at radius 3 is 2.56 bits per heavy atom. The Morgan fingerprint density at radius 2 is 1.83 bits per heavy atom. The molecule has 0 aliphatic heterocycles. The maximum atomic E-state index is 9.27. The van der Waals surface area contributed by atoms with Gasteiger partial charge in [0.2, 0.25) is 0 Å². The highest BCUT2D eigenvalue weighted by Crippen LogP contribution is 2.31. The van der Waals surface area contributed by atoms with Crippen molar-refractivity contribution in [2.75, 3.05) is 0 Å². The van der Waals surface area contributed by atoms with Crippen LogP contribution < -0.4 is 4.74 Å². The fourth-order valence-corrected chi connectivity index (χ4v) is 1.83. The van der Waals surface area contributed by atoms with Gasteiger partial charge in [0.05, 0.1) is 6.61 Å². The van der Waals surface area contributed by atoms with Crippen LogP contribution in [0.1, 0.15) is 22.3 Å². The van der Waals surface area contributed by atoms with Crippen LogP contribution in [0.25, 0.3) is 0 Å². The lowest BCUT2D eigenvalue weighted by molar-refractivity contribution is 0.276. The fraction of sp³-hybridized carbons (Fsp3) is 0.267. The van der Waals surface area contributed by atoms with Crippen LogP contribution in [0, 0.1) is 20.8 Å². The second kappa shape index (κ2) is 5.19. The zero-order valence-corrected chi connectivity index (χ0v) is 10.9. The molecule has 3 heteroatoms. The second-order valence-electron chi connectivity index (χ2n) is 4.40. The molecule has 0 saturated heterocycles. The molecule has 0 amide bonds. The molecule has 0 saturated carbocycles. The Labute approximate surface area is 107 Å². The van der Waals surface area contributed by atoms with E-state index in [4.69, 9.17) is 4.74 Å². The summed E-state index contributed by atoms with van der Waals surface area (Å²) in [5.41, 5.74) is 4.09. The van der Waals surface area contributed by atoms with Crippen LogP contribution >= 0.6 is 0 Å². The summed E-state index contributed by atoms with van der Waals surface area (Å²) < 4.78 is 5.94. The first-order valence-electron chi connectivity index (χ1n) is 5.92. The molecule has 0 aliphatic carbocycles. The third kappa shape index (κ3) is 2.36. The number of aromatic nitrogens is 1. The molecule has 0 bridgehead atoms. The van der Waals surface area contributed by atoms with Crippen molar-refractivity contribution in [3.63, 3.8) is 0 Å². The SMILES string of the molecule is Cc1ccc(C)c(Oc2ccncc2CO)c1C. The first-order valence-corrected chi connectivity index (χ1v) is 5.92. The van der Waals surface area contributed by atoms with Gasteiger partial charge in [0.25, 0.3) is 0 Å². The summed E-state index contributed by atoms with van der Waals surface area (Å²) in [5, 5.41) is 9.27. The smallest absolute Gasteiger partial charge is 0.136 e. The van der Waals surface area contributed by atoms with Crippen molar-refractivity contribution in [3.05, 3.63) is 52.8 Å². The molecule has 0 atom stereocenters. The number of ether oxygens (including phenoxy) is 1. The highest BCUT2D eigenvalue weighted by molar-refractivity contribution is 5.47. The minimum absolute atomic E-state index is 0.0763. The number of aliphatic hydroxyl groups excluding tert-OH is 1. The number of nitrogens with zero attached hydrogens (tertiary/aromatic N) is 1. The zero-order valence-electron chi connectivity index (χ0n) is 10.9. The Morgan fingerprint density at radius 1 is 1.11 bits per heavy atom. The first kappa shape index (κ1) is 12.6. The zero-order chi connectivity index (χ0) is 13.1. The van der Waals surface area contributed by atoms with Crippen molar-refractivity contribution >= 4 is 0 Å². The normalized spacial score (nSPS) is 10.4. The highest BCUT2D eigenvalue weighted by atomic mass is 16.5. The van der Waals surface area contributed by atoms with Gasteiger partial charge >= 0.3 is 0 Å². The third-order valence-electron chi connectivity index (χ3n) is 3.11. The molecule has 0 fully saturated rings. The van der Waals surface area contributed by atoms with Crippen LogP contribution in [0.2, 0.25) is 0 Å². The Balaban J connectivity index is 2.43. The van der Waals surface area contributed by atoms with E-state index in [1.807, 2.05) is 19.9 Å². The van der Waals surface area contributed by atoms with Crippen LogP contribution in [0.5, 0.6) is 11.5 Å². The summed E-state index contributed by atoms with van der Waals surface area (Å²) in [6, 6.07) is 5.89. The van der Waals surface area contributed by atoms with Gasteiger partial charge in [-0.05, 0) is 43.5 Å². The molecular weight excluding hydrogens is 226 g/mol. The molecule has 0 aliphatic rings. The third-order valence-corrected chi connectivity index (χ3v) is 3.11. The molecule has 0 unspecified atom stereocenters. The molecule has 3 nitrogen and oxygen atoms in total. The van der Waals surface area contributed by atoms with Crippen molar-refractivity contribution in [3.8, 4) is 11.5 Å². The van der Waals surface area contributed by atoms with E-state index >= 15 is 0 Å². The van der Waals surface area contributed by atoms with Crippen LogP contribution in [-0.2, 0) is 6.61 Å². The lowest BCUT2D eigenvalue weighted by atomic mass is 10.1. The monoisotopic (exact) mass is 243 g/mol. The van der Waals surface area contributed by atoms with E-state index in [9.17, 15) is 5.11 Å². The number of aryl methyl sites for hydroxylation is 2. The van der Waals surface area contributed by atoms with Gasteiger partial charge in [-0.2, -0.15) is 0 Å². The van der Waals surface area contributed by atoms with Gasteiger partial charge in [0.1, 0.15) is 11.5 Å². The average Bonchev–Trinajstić information content (AvgIpc) is 2.39. The Bertz CT molecular complexity index is 564. The Kier molecular flexibility index (Phi) is 3.63. The maximum absolute atomic E-state index is 9.27. The number of pyridine rings is 1. The van der Waals surface area contributed by atoms with E-state index in [-0.39, 0.29) is 6.61 Å². The quantitative estimate of drug-likeness (QED) is 0.899. The lowest BCUT2D eigenvalue weighted by Crippen LogP contribution is -1.97. The predicted octanol–water partition coefficient (Wildman–Crippen LogP) is 3.29. The standard InChI is InChI=1S/C15H17NO2/c1-10-4-5-11(2)15(12(10)3)18-14-6-7-16-8-13(14)9-17/h4-8,17H,9H2,1-3H3. The van der Waals surface area contributed by atoms with Crippen molar-refractivity contribution in [2.24, 2.45) is 0 Å². The molecule has 94 valence electrons. The minimum Gasteiger partial charge on any atom is -0.456 e. The van der Waals surface area contributed by atoms with Crippen molar-refractivity contribution in [2.45, 2.75) is 27.4 Å². The lowest BCUT2D eigenvalue weighted by Gasteiger charge is -2.15. The molecule has 2 aromatic rings. The summed E-state index contributed by atoms with van der Waals surface area (Å²) in [4.78, 5) is 3.98. The maximum Gasteiger partial charge on any atom is 0.136 e. The van der Waals surface area contributed by atoms with E-state index in [1.54, 1.807) is 18.5 Å². The van der Waals surface area contributed by atoms with Crippen molar-refractivity contribution in [1.29, 1.82) is 0 Å².